The van der Waals surface area contributed by atoms with Crippen LogP contribution in [0.4, 0.5) is 0 Å². The predicted octanol–water partition coefficient (Wildman–Crippen LogP) is 2.82. The molecule has 1 aromatic rings. The van der Waals surface area contributed by atoms with Gasteiger partial charge in [0, 0.05) is 25.8 Å². The highest BCUT2D eigenvalue weighted by Gasteiger charge is 2.25. The largest absolute Gasteiger partial charge is 0.299 e. The lowest BCUT2D eigenvalue weighted by molar-refractivity contribution is 0.316. The third-order valence-corrected chi connectivity index (χ3v) is 3.47. The number of pyridine rings is 1. The average Bonchev–Trinajstić information content (AvgIpc) is 2.45. The lowest BCUT2D eigenvalue weighted by Gasteiger charge is -2.15. The van der Waals surface area contributed by atoms with Crippen LogP contribution >= 0.6 is 11.6 Å². The molecule has 1 saturated heterocycles. The van der Waals surface area contributed by atoms with Gasteiger partial charge in [-0.05, 0) is 29.5 Å². The first-order valence-corrected chi connectivity index (χ1v) is 5.85. The first-order valence-electron chi connectivity index (χ1n) is 5.48. The van der Waals surface area contributed by atoms with Gasteiger partial charge < -0.3 is 0 Å². The van der Waals surface area contributed by atoms with E-state index in [1.165, 1.54) is 18.7 Å². The molecule has 82 valence electrons. The highest BCUT2D eigenvalue weighted by atomic mass is 35.5. The van der Waals surface area contributed by atoms with E-state index in [0.717, 1.165) is 18.4 Å². The van der Waals surface area contributed by atoms with Crippen molar-refractivity contribution in [1.29, 1.82) is 0 Å². The predicted molar refractivity (Wildman–Crippen MR) is 62.9 cm³/mol. The molecule has 2 rings (SSSR count). The molecule has 0 aliphatic carbocycles. The molecule has 0 amide bonds. The van der Waals surface area contributed by atoms with Crippen molar-refractivity contribution in [2.75, 3.05) is 13.1 Å². The monoisotopic (exact) mass is 224 g/mol. The molecule has 2 atom stereocenters. The van der Waals surface area contributed by atoms with Gasteiger partial charge in [0.05, 0.1) is 0 Å². The first kappa shape index (κ1) is 10.9. The molecule has 0 N–H and O–H groups in total. The summed E-state index contributed by atoms with van der Waals surface area (Å²) >= 11 is 5.86. The second kappa shape index (κ2) is 4.50. The van der Waals surface area contributed by atoms with Crippen LogP contribution in [0, 0.1) is 11.8 Å². The molecule has 0 aromatic carbocycles. The Bertz CT molecular complexity index is 330. The lowest BCUT2D eigenvalue weighted by Crippen LogP contribution is -2.20. The smallest absolute Gasteiger partial charge is 0.129 e. The Labute approximate surface area is 96.3 Å². The second-order valence-electron chi connectivity index (χ2n) is 4.64. The van der Waals surface area contributed by atoms with Crippen molar-refractivity contribution in [1.82, 2.24) is 9.88 Å². The highest BCUT2D eigenvalue weighted by molar-refractivity contribution is 6.29. The van der Waals surface area contributed by atoms with Gasteiger partial charge in [0.15, 0.2) is 0 Å². The second-order valence-corrected chi connectivity index (χ2v) is 5.02. The van der Waals surface area contributed by atoms with Gasteiger partial charge in [0.2, 0.25) is 0 Å². The van der Waals surface area contributed by atoms with E-state index in [0.29, 0.717) is 5.15 Å². The lowest BCUT2D eigenvalue weighted by atomic mass is 10.0. The molecule has 15 heavy (non-hydrogen) atoms. The van der Waals surface area contributed by atoms with Crippen molar-refractivity contribution in [3.8, 4) is 0 Å². The van der Waals surface area contributed by atoms with Crippen molar-refractivity contribution < 1.29 is 0 Å². The first-order chi connectivity index (χ1) is 7.15. The topological polar surface area (TPSA) is 16.1 Å². The fourth-order valence-electron chi connectivity index (χ4n) is 2.18. The minimum atomic E-state index is 0.591. The number of likely N-dealkylation sites (tertiary alicyclic amines) is 1. The van der Waals surface area contributed by atoms with Gasteiger partial charge >= 0.3 is 0 Å². The minimum Gasteiger partial charge on any atom is -0.299 e. The van der Waals surface area contributed by atoms with Gasteiger partial charge in [-0.1, -0.05) is 25.4 Å². The van der Waals surface area contributed by atoms with Gasteiger partial charge in [-0.3, -0.25) is 4.90 Å². The SMILES string of the molecule is CC1CN(Cc2ccnc(Cl)c2)CC1C. The zero-order valence-corrected chi connectivity index (χ0v) is 10.0. The van der Waals surface area contributed by atoms with E-state index in [1.807, 2.05) is 12.1 Å². The van der Waals surface area contributed by atoms with Crippen LogP contribution in [0.2, 0.25) is 5.15 Å². The Morgan fingerprint density at radius 2 is 2.07 bits per heavy atom. The van der Waals surface area contributed by atoms with Crippen LogP contribution in [-0.2, 0) is 6.54 Å². The summed E-state index contributed by atoms with van der Waals surface area (Å²) < 4.78 is 0. The molecule has 2 unspecified atom stereocenters. The Kier molecular flexibility index (Phi) is 3.27. The number of aromatic nitrogens is 1. The number of nitrogens with zero attached hydrogens (tertiary/aromatic N) is 2. The number of halogens is 1. The summed E-state index contributed by atoms with van der Waals surface area (Å²) in [6, 6.07) is 3.99. The fraction of sp³-hybridized carbons (Fsp3) is 0.583. The molecule has 1 fully saturated rings. The van der Waals surface area contributed by atoms with Crippen LogP contribution in [-0.4, -0.2) is 23.0 Å². The van der Waals surface area contributed by atoms with E-state index in [9.17, 15) is 0 Å². The summed E-state index contributed by atoms with van der Waals surface area (Å²) in [5.41, 5.74) is 1.26. The maximum absolute atomic E-state index is 5.86. The molecular formula is C12H17ClN2. The van der Waals surface area contributed by atoms with Crippen LogP contribution in [0.5, 0.6) is 0 Å². The van der Waals surface area contributed by atoms with E-state index >= 15 is 0 Å². The standard InChI is InChI=1S/C12H17ClN2/c1-9-6-15(7-10(9)2)8-11-3-4-14-12(13)5-11/h3-5,9-10H,6-8H2,1-2H3. The molecule has 2 heterocycles. The van der Waals surface area contributed by atoms with Gasteiger partial charge in [-0.25, -0.2) is 4.98 Å². The van der Waals surface area contributed by atoms with E-state index in [4.69, 9.17) is 11.6 Å². The van der Waals surface area contributed by atoms with Crippen LogP contribution < -0.4 is 0 Å². The number of hydrogen-bond donors (Lipinski definition) is 0. The van der Waals surface area contributed by atoms with Crippen LogP contribution in [0.25, 0.3) is 0 Å². The van der Waals surface area contributed by atoms with Crippen molar-refractivity contribution in [2.24, 2.45) is 11.8 Å². The molecule has 0 bridgehead atoms. The summed E-state index contributed by atoms with van der Waals surface area (Å²) in [7, 11) is 0. The maximum Gasteiger partial charge on any atom is 0.129 e. The van der Waals surface area contributed by atoms with E-state index in [2.05, 4.69) is 23.7 Å². The molecule has 3 heteroatoms. The highest BCUT2D eigenvalue weighted by Crippen LogP contribution is 2.23. The maximum atomic E-state index is 5.86. The normalized spacial score (nSPS) is 27.1. The van der Waals surface area contributed by atoms with Crippen LogP contribution in [0.1, 0.15) is 19.4 Å². The molecule has 1 aliphatic rings. The Balaban J connectivity index is 1.98. The van der Waals surface area contributed by atoms with Crippen molar-refractivity contribution in [3.05, 3.63) is 29.0 Å². The molecule has 1 aliphatic heterocycles. The average molecular weight is 225 g/mol. The van der Waals surface area contributed by atoms with Crippen molar-refractivity contribution in [3.63, 3.8) is 0 Å². The molecule has 0 radical (unpaired) electrons. The van der Waals surface area contributed by atoms with Gasteiger partial charge in [-0.15, -0.1) is 0 Å². The Morgan fingerprint density at radius 1 is 1.40 bits per heavy atom. The summed E-state index contributed by atoms with van der Waals surface area (Å²) in [5, 5.41) is 0.591. The van der Waals surface area contributed by atoms with Crippen LogP contribution in [0.3, 0.4) is 0 Å². The number of rotatable bonds is 2. The Hall–Kier alpha value is -0.600. The molecule has 1 aromatic heterocycles. The summed E-state index contributed by atoms with van der Waals surface area (Å²) in [6.45, 7) is 8.04. The van der Waals surface area contributed by atoms with Crippen LogP contribution in [0.15, 0.2) is 18.3 Å². The minimum absolute atomic E-state index is 0.591. The van der Waals surface area contributed by atoms with E-state index in [-0.39, 0.29) is 0 Å². The van der Waals surface area contributed by atoms with Gasteiger partial charge in [0.1, 0.15) is 5.15 Å². The molecule has 2 nitrogen and oxygen atoms in total. The molecule has 0 saturated carbocycles. The van der Waals surface area contributed by atoms with Gasteiger partial charge in [-0.2, -0.15) is 0 Å². The third kappa shape index (κ3) is 2.70. The molecular weight excluding hydrogens is 208 g/mol. The Morgan fingerprint density at radius 3 is 2.67 bits per heavy atom. The zero-order valence-electron chi connectivity index (χ0n) is 9.28. The third-order valence-electron chi connectivity index (χ3n) is 3.26. The summed E-state index contributed by atoms with van der Waals surface area (Å²) in [5.74, 6) is 1.62. The summed E-state index contributed by atoms with van der Waals surface area (Å²) in [6.07, 6.45) is 1.78. The van der Waals surface area contributed by atoms with E-state index < -0.39 is 0 Å². The van der Waals surface area contributed by atoms with Crippen molar-refractivity contribution in [2.45, 2.75) is 20.4 Å². The zero-order chi connectivity index (χ0) is 10.8. The summed E-state index contributed by atoms with van der Waals surface area (Å²) in [4.78, 5) is 6.48. The fourth-order valence-corrected chi connectivity index (χ4v) is 2.37. The number of hydrogen-bond acceptors (Lipinski definition) is 2. The van der Waals surface area contributed by atoms with Gasteiger partial charge in [0.25, 0.3) is 0 Å². The van der Waals surface area contributed by atoms with E-state index in [1.54, 1.807) is 6.20 Å². The quantitative estimate of drug-likeness (QED) is 0.719. The molecule has 0 spiro atoms. The van der Waals surface area contributed by atoms with Crippen molar-refractivity contribution >= 4 is 11.6 Å².